The van der Waals surface area contributed by atoms with Gasteiger partial charge in [0.1, 0.15) is 6.29 Å². The maximum absolute atomic E-state index is 10.8. The van der Waals surface area contributed by atoms with Gasteiger partial charge in [-0.05, 0) is 0 Å². The number of nitrogens with zero attached hydrogens (tertiary/aromatic N) is 1. The van der Waals surface area contributed by atoms with E-state index in [4.69, 9.17) is 16.0 Å². The third-order valence-electron chi connectivity index (χ3n) is 1.09. The van der Waals surface area contributed by atoms with Crippen LogP contribution in [0, 0.1) is 5.41 Å². The van der Waals surface area contributed by atoms with E-state index >= 15 is 0 Å². The summed E-state index contributed by atoms with van der Waals surface area (Å²) in [5, 5.41) is 6.87. The Morgan fingerprint density at radius 3 is 2.64 bits per heavy atom. The van der Waals surface area contributed by atoms with Crippen LogP contribution < -0.4 is 5.73 Å². The quantitative estimate of drug-likeness (QED) is 0.312. The lowest BCUT2D eigenvalue weighted by Crippen LogP contribution is -2.33. The summed E-state index contributed by atoms with van der Waals surface area (Å²) in [7, 11) is -1.01. The van der Waals surface area contributed by atoms with Gasteiger partial charge in [-0.2, -0.15) is 0 Å². The fourth-order valence-electron chi connectivity index (χ4n) is 0.402. The Bertz CT molecular complexity index is 195. The third kappa shape index (κ3) is 3.98. The molecule has 0 aliphatic rings. The molecule has 0 saturated heterocycles. The van der Waals surface area contributed by atoms with Crippen molar-refractivity contribution in [2.45, 2.75) is 0 Å². The Morgan fingerprint density at radius 1 is 1.91 bits per heavy atom. The predicted octanol–water partition coefficient (Wildman–Crippen LogP) is -0.399. The first-order chi connectivity index (χ1) is 4.89. The van der Waals surface area contributed by atoms with Crippen molar-refractivity contribution in [1.29, 1.82) is 5.41 Å². The first-order valence-electron chi connectivity index (χ1n) is 2.82. The smallest absolute Gasteiger partial charge is 0.347 e. The van der Waals surface area contributed by atoms with Gasteiger partial charge in [0.05, 0.1) is 0 Å². The van der Waals surface area contributed by atoms with Crippen LogP contribution in [0.5, 0.6) is 0 Å². The topological polar surface area (TPSA) is 99.6 Å². The number of nitrogens with one attached hydrogen (secondary N) is 1. The summed E-state index contributed by atoms with van der Waals surface area (Å²) < 4.78 is 15.1. The lowest BCUT2D eigenvalue weighted by molar-refractivity contribution is 0.302. The van der Waals surface area contributed by atoms with Gasteiger partial charge in [0, 0.05) is 14.2 Å². The molecule has 0 radical (unpaired) electrons. The van der Waals surface area contributed by atoms with Gasteiger partial charge < -0.3 is 20.1 Å². The van der Waals surface area contributed by atoms with E-state index in [9.17, 15) is 4.57 Å². The number of hydrogen-bond acceptors (Lipinski definition) is 3. The standard InChI is InChI=1S/C4H12N3O3P/c1-7(4(5)6)3-11(8,9)10-2/h3H2,1-2H3,(H3,5,6)(H,8,9). The molecule has 0 unspecified atom stereocenters. The average molecular weight is 181 g/mol. The molecule has 7 heteroatoms. The molecule has 0 aromatic carbocycles. The highest BCUT2D eigenvalue weighted by Gasteiger charge is 2.20. The van der Waals surface area contributed by atoms with Gasteiger partial charge in [-0.1, -0.05) is 0 Å². The molecular formula is C4H12N3O3P. The van der Waals surface area contributed by atoms with Crippen LogP contribution in [0.15, 0.2) is 0 Å². The average Bonchev–Trinajstić information content (AvgIpc) is 1.87. The Kier molecular flexibility index (Phi) is 3.51. The zero-order valence-electron chi connectivity index (χ0n) is 6.44. The third-order valence-corrected chi connectivity index (χ3v) is 2.44. The molecule has 0 fully saturated rings. The minimum atomic E-state index is -3.58. The number of hydrogen-bond donors (Lipinski definition) is 3. The second-order valence-electron chi connectivity index (χ2n) is 2.04. The summed E-state index contributed by atoms with van der Waals surface area (Å²) in [4.78, 5) is 10.0. The summed E-state index contributed by atoms with van der Waals surface area (Å²) in [5.41, 5.74) is 5.02. The molecular weight excluding hydrogens is 169 g/mol. The van der Waals surface area contributed by atoms with E-state index in [1.165, 1.54) is 7.05 Å². The van der Waals surface area contributed by atoms with Crippen LogP contribution >= 0.6 is 7.60 Å². The van der Waals surface area contributed by atoms with Crippen molar-refractivity contribution in [2.24, 2.45) is 5.73 Å². The van der Waals surface area contributed by atoms with E-state index in [0.717, 1.165) is 12.0 Å². The maximum Gasteiger partial charge on any atom is 0.347 e. The van der Waals surface area contributed by atoms with Crippen molar-refractivity contribution in [3.63, 3.8) is 0 Å². The second kappa shape index (κ2) is 3.71. The molecule has 0 saturated carbocycles. The first kappa shape index (κ1) is 10.4. The van der Waals surface area contributed by atoms with Crippen LogP contribution in [-0.4, -0.2) is 36.2 Å². The first-order valence-corrected chi connectivity index (χ1v) is 4.58. The van der Waals surface area contributed by atoms with E-state index < -0.39 is 7.60 Å². The van der Waals surface area contributed by atoms with Crippen molar-refractivity contribution in [3.05, 3.63) is 0 Å². The van der Waals surface area contributed by atoms with Gasteiger partial charge in [-0.3, -0.25) is 9.97 Å². The molecule has 4 N–H and O–H groups in total. The van der Waals surface area contributed by atoms with Gasteiger partial charge in [0.15, 0.2) is 5.96 Å². The highest BCUT2D eigenvalue weighted by Crippen LogP contribution is 2.40. The van der Waals surface area contributed by atoms with Crippen LogP contribution in [0.3, 0.4) is 0 Å². The van der Waals surface area contributed by atoms with Gasteiger partial charge in [-0.15, -0.1) is 0 Å². The molecule has 0 aromatic heterocycles. The van der Waals surface area contributed by atoms with Crippen molar-refractivity contribution in [2.75, 3.05) is 20.4 Å². The van der Waals surface area contributed by atoms with Gasteiger partial charge in [0.25, 0.3) is 0 Å². The zero-order chi connectivity index (χ0) is 9.07. The summed E-state index contributed by atoms with van der Waals surface area (Å²) in [5.74, 6) is -0.267. The van der Waals surface area contributed by atoms with Crippen LogP contribution in [0.2, 0.25) is 0 Å². The molecule has 11 heavy (non-hydrogen) atoms. The van der Waals surface area contributed by atoms with E-state index in [2.05, 4.69) is 4.52 Å². The molecule has 0 bridgehead atoms. The molecule has 66 valence electrons. The van der Waals surface area contributed by atoms with E-state index in [0.29, 0.717) is 0 Å². The molecule has 0 spiro atoms. The fraction of sp³-hybridized carbons (Fsp3) is 0.750. The zero-order valence-corrected chi connectivity index (χ0v) is 7.34. The Morgan fingerprint density at radius 2 is 2.36 bits per heavy atom. The van der Waals surface area contributed by atoms with Crippen molar-refractivity contribution in [1.82, 2.24) is 4.90 Å². The lowest BCUT2D eigenvalue weighted by atomic mass is 10.8. The fourth-order valence-corrected chi connectivity index (χ4v) is 1.21. The SMILES string of the molecule is CO[P@@](=O)(O)CN(C)C(=N)N. The largest absolute Gasteiger partial charge is 0.370 e. The van der Waals surface area contributed by atoms with E-state index in [1.807, 2.05) is 0 Å². The van der Waals surface area contributed by atoms with Crippen molar-refractivity contribution < 1.29 is 14.0 Å². The van der Waals surface area contributed by atoms with Gasteiger partial charge in [-0.25, -0.2) is 0 Å². The van der Waals surface area contributed by atoms with E-state index in [-0.39, 0.29) is 12.2 Å². The molecule has 0 heterocycles. The van der Waals surface area contributed by atoms with Crippen LogP contribution in [-0.2, 0) is 9.09 Å². The van der Waals surface area contributed by atoms with Crippen molar-refractivity contribution in [3.8, 4) is 0 Å². The lowest BCUT2D eigenvalue weighted by Gasteiger charge is -2.18. The van der Waals surface area contributed by atoms with E-state index in [1.54, 1.807) is 0 Å². The number of guanidine groups is 1. The molecule has 0 aliphatic heterocycles. The number of nitrogens with two attached hydrogens (primary N) is 1. The van der Waals surface area contributed by atoms with Crippen LogP contribution in [0.4, 0.5) is 0 Å². The summed E-state index contributed by atoms with van der Waals surface area (Å²) in [6.07, 6.45) is -0.265. The second-order valence-corrected chi connectivity index (χ2v) is 3.97. The normalized spacial score (nSPS) is 15.5. The van der Waals surface area contributed by atoms with Crippen LogP contribution in [0.1, 0.15) is 0 Å². The highest BCUT2D eigenvalue weighted by atomic mass is 31.2. The Hall–Kier alpha value is -0.580. The maximum atomic E-state index is 10.8. The van der Waals surface area contributed by atoms with Crippen LogP contribution in [0.25, 0.3) is 0 Å². The van der Waals surface area contributed by atoms with Gasteiger partial charge >= 0.3 is 7.60 Å². The molecule has 0 aliphatic carbocycles. The molecule has 0 amide bonds. The molecule has 6 nitrogen and oxygen atoms in total. The molecule has 1 atom stereocenters. The predicted molar refractivity (Wildman–Crippen MR) is 41.4 cm³/mol. The Labute approximate surface area is 65.0 Å². The minimum Gasteiger partial charge on any atom is -0.370 e. The summed E-state index contributed by atoms with van der Waals surface area (Å²) in [6.45, 7) is 0. The van der Waals surface area contributed by atoms with Gasteiger partial charge in [0.2, 0.25) is 0 Å². The highest BCUT2D eigenvalue weighted by molar-refractivity contribution is 7.52. The molecule has 0 rings (SSSR count). The number of rotatable bonds is 3. The molecule has 0 aromatic rings. The Balaban J connectivity index is 4.04. The summed E-state index contributed by atoms with van der Waals surface area (Å²) in [6, 6.07) is 0. The summed E-state index contributed by atoms with van der Waals surface area (Å²) >= 11 is 0. The van der Waals surface area contributed by atoms with Crippen molar-refractivity contribution >= 4 is 13.6 Å². The monoisotopic (exact) mass is 181 g/mol. The minimum absolute atomic E-state index is 0.265.